The lowest BCUT2D eigenvalue weighted by molar-refractivity contribution is 0.276. The molecule has 0 saturated carbocycles. The van der Waals surface area contributed by atoms with Crippen LogP contribution in [0.3, 0.4) is 0 Å². The number of aryl methyl sites for hydroxylation is 1. The fourth-order valence-corrected chi connectivity index (χ4v) is 1.44. The van der Waals surface area contributed by atoms with E-state index in [-0.39, 0.29) is 6.61 Å². The Kier molecular flexibility index (Phi) is 4.59. The van der Waals surface area contributed by atoms with Gasteiger partial charge in [0, 0.05) is 6.54 Å². The number of hydrogen-bond acceptors (Lipinski definition) is 3. The van der Waals surface area contributed by atoms with Crippen molar-refractivity contribution in [2.45, 2.75) is 52.7 Å². The third-order valence-corrected chi connectivity index (χ3v) is 2.45. The predicted octanol–water partition coefficient (Wildman–Crippen LogP) is 1.66. The quantitative estimate of drug-likeness (QED) is 0.706. The Morgan fingerprint density at radius 1 is 1.29 bits per heavy atom. The summed E-state index contributed by atoms with van der Waals surface area (Å²) in [6, 6.07) is 0. The molecule has 0 bridgehead atoms. The molecule has 0 saturated heterocycles. The van der Waals surface area contributed by atoms with Crippen molar-refractivity contribution in [2.24, 2.45) is 0 Å². The Balaban J connectivity index is 2.39. The summed E-state index contributed by atoms with van der Waals surface area (Å²) in [6.07, 6.45) is 4.91. The van der Waals surface area contributed by atoms with Gasteiger partial charge in [-0.25, -0.2) is 4.68 Å². The number of nitrogens with zero attached hydrogens (tertiary/aromatic N) is 3. The van der Waals surface area contributed by atoms with Crippen LogP contribution in [0.1, 0.15) is 44.0 Å². The molecule has 80 valence electrons. The molecule has 1 aromatic rings. The van der Waals surface area contributed by atoms with Crippen molar-refractivity contribution in [1.82, 2.24) is 15.0 Å². The van der Waals surface area contributed by atoms with E-state index in [2.05, 4.69) is 17.2 Å². The molecule has 0 aliphatic rings. The van der Waals surface area contributed by atoms with E-state index in [0.717, 1.165) is 18.7 Å². The first kappa shape index (κ1) is 11.2. The first-order valence-electron chi connectivity index (χ1n) is 5.29. The Labute approximate surface area is 84.9 Å². The van der Waals surface area contributed by atoms with Gasteiger partial charge in [-0.05, 0) is 13.3 Å². The highest BCUT2D eigenvalue weighted by atomic mass is 16.3. The van der Waals surface area contributed by atoms with Crippen molar-refractivity contribution >= 4 is 0 Å². The summed E-state index contributed by atoms with van der Waals surface area (Å²) >= 11 is 0. The molecule has 1 N–H and O–H groups in total. The van der Waals surface area contributed by atoms with Crippen LogP contribution in [0.4, 0.5) is 0 Å². The summed E-state index contributed by atoms with van der Waals surface area (Å²) in [4.78, 5) is 0. The minimum atomic E-state index is -0.0131. The van der Waals surface area contributed by atoms with Crippen molar-refractivity contribution in [2.75, 3.05) is 0 Å². The maximum atomic E-state index is 8.93. The molecule has 0 radical (unpaired) electrons. The number of hydrogen-bond donors (Lipinski definition) is 1. The summed E-state index contributed by atoms with van der Waals surface area (Å²) < 4.78 is 1.88. The normalized spacial score (nSPS) is 10.8. The van der Waals surface area contributed by atoms with Crippen molar-refractivity contribution in [3.05, 3.63) is 11.4 Å². The van der Waals surface area contributed by atoms with Gasteiger partial charge in [-0.3, -0.25) is 0 Å². The van der Waals surface area contributed by atoms with Gasteiger partial charge in [-0.2, -0.15) is 0 Å². The second-order valence-corrected chi connectivity index (χ2v) is 3.56. The van der Waals surface area contributed by atoms with Crippen LogP contribution in [-0.4, -0.2) is 20.1 Å². The topological polar surface area (TPSA) is 50.9 Å². The number of unbranched alkanes of at least 4 members (excludes halogenated alkanes) is 3. The van der Waals surface area contributed by atoms with E-state index >= 15 is 0 Å². The van der Waals surface area contributed by atoms with E-state index < -0.39 is 0 Å². The molecular weight excluding hydrogens is 178 g/mol. The van der Waals surface area contributed by atoms with Crippen molar-refractivity contribution in [1.29, 1.82) is 0 Å². The van der Waals surface area contributed by atoms with Crippen molar-refractivity contribution in [3.8, 4) is 0 Å². The molecule has 0 amide bonds. The number of aromatic nitrogens is 3. The summed E-state index contributed by atoms with van der Waals surface area (Å²) in [5, 5.41) is 16.8. The van der Waals surface area contributed by atoms with Gasteiger partial charge >= 0.3 is 0 Å². The fraction of sp³-hybridized carbons (Fsp3) is 0.800. The number of aliphatic hydroxyl groups excluding tert-OH is 1. The van der Waals surface area contributed by atoms with E-state index in [1.807, 2.05) is 11.6 Å². The maximum absolute atomic E-state index is 8.93. The van der Waals surface area contributed by atoms with Crippen LogP contribution in [0, 0.1) is 6.92 Å². The standard InChI is InChI=1S/C10H19N3O/c1-3-4-5-6-7-13-9(2)10(8-14)11-12-13/h14H,3-8H2,1-2H3. The van der Waals surface area contributed by atoms with E-state index in [1.54, 1.807) is 0 Å². The zero-order chi connectivity index (χ0) is 10.4. The lowest BCUT2D eigenvalue weighted by Gasteiger charge is -2.02. The van der Waals surface area contributed by atoms with Gasteiger partial charge in [0.2, 0.25) is 0 Å². The highest BCUT2D eigenvalue weighted by Gasteiger charge is 2.05. The maximum Gasteiger partial charge on any atom is 0.111 e. The van der Waals surface area contributed by atoms with Gasteiger partial charge in [0.15, 0.2) is 0 Å². The summed E-state index contributed by atoms with van der Waals surface area (Å²) in [5.74, 6) is 0. The van der Waals surface area contributed by atoms with Crippen LogP contribution in [-0.2, 0) is 13.2 Å². The minimum absolute atomic E-state index is 0.0131. The molecular formula is C10H19N3O. The van der Waals surface area contributed by atoms with Gasteiger partial charge < -0.3 is 5.11 Å². The smallest absolute Gasteiger partial charge is 0.111 e. The SMILES string of the molecule is CCCCCCn1nnc(CO)c1C. The summed E-state index contributed by atoms with van der Waals surface area (Å²) in [6.45, 7) is 5.05. The third-order valence-electron chi connectivity index (χ3n) is 2.45. The highest BCUT2D eigenvalue weighted by Crippen LogP contribution is 2.06. The monoisotopic (exact) mass is 197 g/mol. The van der Waals surface area contributed by atoms with E-state index in [1.165, 1.54) is 19.3 Å². The average Bonchev–Trinajstić information content (AvgIpc) is 2.55. The Hall–Kier alpha value is -0.900. The molecule has 0 fully saturated rings. The average molecular weight is 197 g/mol. The van der Waals surface area contributed by atoms with Crippen LogP contribution in [0.2, 0.25) is 0 Å². The molecule has 0 atom stereocenters. The molecule has 0 spiro atoms. The molecule has 0 aliphatic carbocycles. The molecule has 4 heteroatoms. The Morgan fingerprint density at radius 2 is 2.07 bits per heavy atom. The first-order chi connectivity index (χ1) is 6.79. The van der Waals surface area contributed by atoms with Gasteiger partial charge in [0.25, 0.3) is 0 Å². The predicted molar refractivity (Wildman–Crippen MR) is 54.8 cm³/mol. The van der Waals surface area contributed by atoms with E-state index in [9.17, 15) is 0 Å². The van der Waals surface area contributed by atoms with Gasteiger partial charge in [0.05, 0.1) is 12.3 Å². The lowest BCUT2D eigenvalue weighted by atomic mass is 10.2. The zero-order valence-corrected chi connectivity index (χ0v) is 9.03. The Bertz CT molecular complexity index is 270. The number of aliphatic hydroxyl groups is 1. The first-order valence-corrected chi connectivity index (χ1v) is 5.29. The summed E-state index contributed by atoms with van der Waals surface area (Å²) in [5.41, 5.74) is 1.68. The molecule has 14 heavy (non-hydrogen) atoms. The molecule has 0 aromatic carbocycles. The van der Waals surface area contributed by atoms with Crippen molar-refractivity contribution < 1.29 is 5.11 Å². The molecule has 1 rings (SSSR count). The van der Waals surface area contributed by atoms with E-state index in [4.69, 9.17) is 5.11 Å². The molecule has 1 heterocycles. The highest BCUT2D eigenvalue weighted by molar-refractivity contribution is 5.05. The van der Waals surface area contributed by atoms with Gasteiger partial charge in [-0.1, -0.05) is 31.4 Å². The van der Waals surface area contributed by atoms with Crippen molar-refractivity contribution in [3.63, 3.8) is 0 Å². The minimum Gasteiger partial charge on any atom is -0.390 e. The van der Waals surface area contributed by atoms with Crippen LogP contribution < -0.4 is 0 Å². The number of rotatable bonds is 6. The largest absolute Gasteiger partial charge is 0.390 e. The van der Waals surface area contributed by atoms with E-state index in [0.29, 0.717) is 5.69 Å². The second-order valence-electron chi connectivity index (χ2n) is 3.56. The molecule has 0 unspecified atom stereocenters. The van der Waals surface area contributed by atoms with Crippen LogP contribution in [0.15, 0.2) is 0 Å². The van der Waals surface area contributed by atoms with Gasteiger partial charge in [0.1, 0.15) is 5.69 Å². The second kappa shape index (κ2) is 5.75. The van der Waals surface area contributed by atoms with Crippen LogP contribution >= 0.6 is 0 Å². The van der Waals surface area contributed by atoms with Crippen LogP contribution in [0.5, 0.6) is 0 Å². The zero-order valence-electron chi connectivity index (χ0n) is 9.03. The third kappa shape index (κ3) is 2.80. The van der Waals surface area contributed by atoms with Gasteiger partial charge in [-0.15, -0.1) is 5.10 Å². The Morgan fingerprint density at radius 3 is 2.64 bits per heavy atom. The molecule has 4 nitrogen and oxygen atoms in total. The lowest BCUT2D eigenvalue weighted by Crippen LogP contribution is -2.03. The van der Waals surface area contributed by atoms with Crippen LogP contribution in [0.25, 0.3) is 0 Å². The fourth-order valence-electron chi connectivity index (χ4n) is 1.44. The summed E-state index contributed by atoms with van der Waals surface area (Å²) in [7, 11) is 0. The molecule has 1 aromatic heterocycles. The molecule has 0 aliphatic heterocycles.